The van der Waals surface area contributed by atoms with Crippen LogP contribution in [0.25, 0.3) is 0 Å². The van der Waals surface area contributed by atoms with Crippen molar-refractivity contribution < 1.29 is 4.79 Å². The Balaban J connectivity index is 1.55. The monoisotopic (exact) mass is 339 g/mol. The Morgan fingerprint density at radius 2 is 2.20 bits per heavy atom. The molecule has 2 fully saturated rings. The summed E-state index contributed by atoms with van der Waals surface area (Å²) in [7, 11) is 0. The molecule has 0 spiro atoms. The van der Waals surface area contributed by atoms with E-state index in [-0.39, 0.29) is 5.91 Å². The number of fused-ring (bicyclic) bond motifs is 1. The molecule has 132 valence electrons. The van der Waals surface area contributed by atoms with Gasteiger partial charge in [0, 0.05) is 37.6 Å². The highest BCUT2D eigenvalue weighted by Crippen LogP contribution is 2.34. The van der Waals surface area contributed by atoms with Gasteiger partial charge < -0.3 is 14.8 Å². The molecule has 2 saturated heterocycles. The molecule has 2 atom stereocenters. The zero-order valence-corrected chi connectivity index (χ0v) is 14.9. The molecule has 0 saturated carbocycles. The maximum absolute atomic E-state index is 12.7. The molecule has 6 nitrogen and oxygen atoms in total. The molecule has 25 heavy (non-hydrogen) atoms. The second kappa shape index (κ2) is 6.50. The molecular formula is C19H25N5O. The van der Waals surface area contributed by atoms with Crippen LogP contribution in [0.1, 0.15) is 48.8 Å². The normalized spacial score (nSPS) is 23.2. The molecule has 2 aliphatic heterocycles. The first-order valence-electron chi connectivity index (χ1n) is 9.14. The van der Waals surface area contributed by atoms with Crippen LogP contribution in [-0.2, 0) is 0 Å². The smallest absolute Gasteiger partial charge is 0.270 e. The van der Waals surface area contributed by atoms with E-state index in [9.17, 15) is 4.79 Å². The van der Waals surface area contributed by atoms with E-state index in [2.05, 4.69) is 39.8 Å². The number of carbonyl (C=O) groups excluding carboxylic acids is 1. The second-order valence-electron chi connectivity index (χ2n) is 7.41. The standard InChI is InChI=1S/C19H25N5O/c1-13(2)16-9-18(22-12-21-16)24-8-4-5-14-10-23(11-17(14)24)19(25)15-6-3-7-20-15/h3,6-7,9,12-14,17,20H,4-5,8,10-11H2,1-2H3/t14-,17+/m0/s1. The van der Waals surface area contributed by atoms with Crippen LogP contribution in [0.5, 0.6) is 0 Å². The minimum absolute atomic E-state index is 0.102. The number of hydrogen-bond acceptors (Lipinski definition) is 4. The van der Waals surface area contributed by atoms with Crippen molar-refractivity contribution in [3.8, 4) is 0 Å². The number of anilines is 1. The fraction of sp³-hybridized carbons (Fsp3) is 0.526. The number of piperidine rings is 1. The van der Waals surface area contributed by atoms with E-state index in [0.717, 1.165) is 37.6 Å². The van der Waals surface area contributed by atoms with Gasteiger partial charge in [-0.3, -0.25) is 4.79 Å². The Hall–Kier alpha value is -2.37. The molecule has 2 aliphatic rings. The number of hydrogen-bond donors (Lipinski definition) is 1. The first-order chi connectivity index (χ1) is 12.1. The summed E-state index contributed by atoms with van der Waals surface area (Å²) in [4.78, 5) is 29.0. The highest BCUT2D eigenvalue weighted by Gasteiger charge is 2.41. The Bertz CT molecular complexity index is 742. The summed E-state index contributed by atoms with van der Waals surface area (Å²) in [6.45, 7) is 6.90. The van der Waals surface area contributed by atoms with Gasteiger partial charge in [-0.25, -0.2) is 9.97 Å². The number of nitrogens with zero attached hydrogens (tertiary/aromatic N) is 4. The second-order valence-corrected chi connectivity index (χ2v) is 7.41. The number of rotatable bonds is 3. The van der Waals surface area contributed by atoms with Crippen molar-refractivity contribution in [2.45, 2.75) is 38.6 Å². The zero-order valence-electron chi connectivity index (χ0n) is 14.9. The molecule has 0 aliphatic carbocycles. The number of nitrogens with one attached hydrogen (secondary N) is 1. The molecule has 4 rings (SSSR count). The third-order valence-electron chi connectivity index (χ3n) is 5.46. The Labute approximate surface area is 148 Å². The Morgan fingerprint density at radius 1 is 1.32 bits per heavy atom. The molecule has 0 unspecified atom stereocenters. The lowest BCUT2D eigenvalue weighted by Gasteiger charge is -2.37. The number of H-pyrrole nitrogens is 1. The predicted molar refractivity (Wildman–Crippen MR) is 96.7 cm³/mol. The Kier molecular flexibility index (Phi) is 4.19. The first-order valence-corrected chi connectivity index (χ1v) is 9.14. The fourth-order valence-corrected chi connectivity index (χ4v) is 4.10. The van der Waals surface area contributed by atoms with E-state index in [1.807, 2.05) is 17.0 Å². The molecule has 0 radical (unpaired) electrons. The van der Waals surface area contributed by atoms with Crippen molar-refractivity contribution >= 4 is 11.7 Å². The Morgan fingerprint density at radius 3 is 2.96 bits per heavy atom. The SMILES string of the molecule is CC(C)c1cc(N2CCC[C@H]3CN(C(=O)c4ccc[nH]4)C[C@H]32)ncn1. The highest BCUT2D eigenvalue weighted by atomic mass is 16.2. The molecular weight excluding hydrogens is 314 g/mol. The predicted octanol–water partition coefficient (Wildman–Crippen LogP) is 2.67. The van der Waals surface area contributed by atoms with Crippen LogP contribution in [-0.4, -0.2) is 51.4 Å². The maximum atomic E-state index is 12.7. The average molecular weight is 339 g/mol. The summed E-state index contributed by atoms with van der Waals surface area (Å²) in [5.41, 5.74) is 1.75. The summed E-state index contributed by atoms with van der Waals surface area (Å²) >= 11 is 0. The number of aromatic amines is 1. The quantitative estimate of drug-likeness (QED) is 0.934. The minimum atomic E-state index is 0.102. The lowest BCUT2D eigenvalue weighted by Crippen LogP contribution is -2.46. The third-order valence-corrected chi connectivity index (χ3v) is 5.46. The topological polar surface area (TPSA) is 65.1 Å². The van der Waals surface area contributed by atoms with Gasteiger partial charge in [0.15, 0.2) is 0 Å². The van der Waals surface area contributed by atoms with Crippen LogP contribution in [0.2, 0.25) is 0 Å². The van der Waals surface area contributed by atoms with Crippen LogP contribution in [0.3, 0.4) is 0 Å². The van der Waals surface area contributed by atoms with E-state index >= 15 is 0 Å². The lowest BCUT2D eigenvalue weighted by molar-refractivity contribution is 0.0781. The first kappa shape index (κ1) is 16.1. The van der Waals surface area contributed by atoms with Crippen molar-refractivity contribution in [3.05, 3.63) is 42.1 Å². The van der Waals surface area contributed by atoms with Gasteiger partial charge in [0.1, 0.15) is 17.8 Å². The zero-order chi connectivity index (χ0) is 17.4. The van der Waals surface area contributed by atoms with E-state index in [1.165, 1.54) is 6.42 Å². The van der Waals surface area contributed by atoms with Gasteiger partial charge in [0.05, 0.1) is 6.04 Å². The minimum Gasteiger partial charge on any atom is -0.357 e. The van der Waals surface area contributed by atoms with Crippen LogP contribution in [0.15, 0.2) is 30.7 Å². The van der Waals surface area contributed by atoms with Crippen LogP contribution in [0, 0.1) is 5.92 Å². The summed E-state index contributed by atoms with van der Waals surface area (Å²) in [5, 5.41) is 0. The van der Waals surface area contributed by atoms with Crippen molar-refractivity contribution in [3.63, 3.8) is 0 Å². The summed E-state index contributed by atoms with van der Waals surface area (Å²) in [5.74, 6) is 2.01. The largest absolute Gasteiger partial charge is 0.357 e. The molecule has 6 heteroatoms. The molecule has 2 aromatic heterocycles. The number of carbonyl (C=O) groups is 1. The van der Waals surface area contributed by atoms with E-state index in [4.69, 9.17) is 0 Å². The average Bonchev–Trinajstić information content (AvgIpc) is 3.30. The van der Waals surface area contributed by atoms with Crippen LogP contribution in [0.4, 0.5) is 5.82 Å². The van der Waals surface area contributed by atoms with Crippen molar-refractivity contribution in [2.75, 3.05) is 24.5 Å². The van der Waals surface area contributed by atoms with E-state index in [0.29, 0.717) is 23.6 Å². The van der Waals surface area contributed by atoms with E-state index < -0.39 is 0 Å². The maximum Gasteiger partial charge on any atom is 0.270 e. The van der Waals surface area contributed by atoms with Gasteiger partial charge in [0.25, 0.3) is 5.91 Å². The molecule has 0 aromatic carbocycles. The van der Waals surface area contributed by atoms with Gasteiger partial charge >= 0.3 is 0 Å². The van der Waals surface area contributed by atoms with Gasteiger partial charge in [-0.1, -0.05) is 13.8 Å². The van der Waals surface area contributed by atoms with Gasteiger partial charge in [-0.2, -0.15) is 0 Å². The summed E-state index contributed by atoms with van der Waals surface area (Å²) in [6.07, 6.45) is 5.80. The van der Waals surface area contributed by atoms with E-state index in [1.54, 1.807) is 12.5 Å². The van der Waals surface area contributed by atoms with Gasteiger partial charge in [-0.05, 0) is 36.8 Å². The fourth-order valence-electron chi connectivity index (χ4n) is 4.10. The van der Waals surface area contributed by atoms with Gasteiger partial charge in [0.2, 0.25) is 0 Å². The number of aromatic nitrogens is 3. The summed E-state index contributed by atoms with van der Waals surface area (Å²) < 4.78 is 0. The van der Waals surface area contributed by atoms with Crippen molar-refractivity contribution in [1.29, 1.82) is 0 Å². The molecule has 1 amide bonds. The van der Waals surface area contributed by atoms with Crippen LogP contribution < -0.4 is 4.90 Å². The van der Waals surface area contributed by atoms with Gasteiger partial charge in [-0.15, -0.1) is 0 Å². The molecule has 4 heterocycles. The number of amides is 1. The molecule has 0 bridgehead atoms. The van der Waals surface area contributed by atoms with Crippen LogP contribution >= 0.6 is 0 Å². The lowest BCUT2D eigenvalue weighted by atomic mass is 9.92. The molecule has 2 aromatic rings. The molecule has 1 N–H and O–H groups in total. The van der Waals surface area contributed by atoms with Crippen molar-refractivity contribution in [2.24, 2.45) is 5.92 Å². The summed E-state index contributed by atoms with van der Waals surface area (Å²) in [6, 6.07) is 6.18. The highest BCUT2D eigenvalue weighted by molar-refractivity contribution is 5.92. The number of likely N-dealkylation sites (tertiary alicyclic amines) is 1. The van der Waals surface area contributed by atoms with Crippen molar-refractivity contribution in [1.82, 2.24) is 19.9 Å². The third kappa shape index (κ3) is 3.01.